The van der Waals surface area contributed by atoms with Gasteiger partial charge in [0.1, 0.15) is 6.61 Å². The van der Waals surface area contributed by atoms with E-state index in [1.165, 1.54) is 32.1 Å². The smallest absolute Gasteiger partial charge is 0.407 e. The van der Waals surface area contributed by atoms with E-state index >= 15 is 0 Å². The SMILES string of the molecule is CCCCCCCCCOC(=O)CCCCCCCN(CCCCCCCC(=O)O)CCCCNC(=O)OCc1ccccc1. The van der Waals surface area contributed by atoms with E-state index in [0.717, 1.165) is 115 Å². The van der Waals surface area contributed by atoms with Crippen LogP contribution in [0.5, 0.6) is 0 Å². The van der Waals surface area contributed by atoms with E-state index in [-0.39, 0.29) is 25.1 Å². The van der Waals surface area contributed by atoms with Gasteiger partial charge in [0.2, 0.25) is 0 Å². The van der Waals surface area contributed by atoms with E-state index in [9.17, 15) is 14.4 Å². The average Bonchev–Trinajstić information content (AvgIpc) is 3.03. The summed E-state index contributed by atoms with van der Waals surface area (Å²) in [5.41, 5.74) is 0.974. The number of carboxylic acid groups (broad SMARTS) is 1. The van der Waals surface area contributed by atoms with Crippen LogP contribution in [-0.4, -0.2) is 60.8 Å². The van der Waals surface area contributed by atoms with Crippen molar-refractivity contribution in [1.29, 1.82) is 0 Å². The number of amides is 1. The Morgan fingerprint density at radius 2 is 1.18 bits per heavy atom. The predicted molar refractivity (Wildman–Crippen MR) is 182 cm³/mol. The molecule has 0 aromatic heterocycles. The van der Waals surface area contributed by atoms with E-state index in [1.807, 2.05) is 30.3 Å². The number of unbranched alkanes of at least 4 members (excludes halogenated alkanes) is 15. The number of benzene rings is 1. The molecule has 1 rings (SSSR count). The molecule has 0 aliphatic carbocycles. The van der Waals surface area contributed by atoms with Crippen LogP contribution in [0.2, 0.25) is 0 Å². The lowest BCUT2D eigenvalue weighted by Gasteiger charge is -2.22. The number of ether oxygens (including phenoxy) is 2. The van der Waals surface area contributed by atoms with E-state index in [0.29, 0.717) is 19.6 Å². The Morgan fingerprint density at radius 1 is 0.644 bits per heavy atom. The van der Waals surface area contributed by atoms with Gasteiger partial charge in [0.15, 0.2) is 0 Å². The summed E-state index contributed by atoms with van der Waals surface area (Å²) in [6, 6.07) is 9.67. The third kappa shape index (κ3) is 27.4. The van der Waals surface area contributed by atoms with E-state index < -0.39 is 5.97 Å². The Kier molecular flexibility index (Phi) is 27.0. The molecule has 0 saturated heterocycles. The summed E-state index contributed by atoms with van der Waals surface area (Å²) < 4.78 is 10.7. The fourth-order valence-corrected chi connectivity index (χ4v) is 5.35. The van der Waals surface area contributed by atoms with Crippen LogP contribution in [0.15, 0.2) is 30.3 Å². The van der Waals surface area contributed by atoms with Gasteiger partial charge in [-0.25, -0.2) is 4.79 Å². The van der Waals surface area contributed by atoms with Crippen LogP contribution in [0.25, 0.3) is 0 Å². The molecule has 0 saturated carbocycles. The van der Waals surface area contributed by atoms with E-state index in [4.69, 9.17) is 14.6 Å². The summed E-state index contributed by atoms with van der Waals surface area (Å²) in [6.45, 7) is 6.80. The first-order chi connectivity index (χ1) is 22.0. The minimum Gasteiger partial charge on any atom is -0.481 e. The lowest BCUT2D eigenvalue weighted by Crippen LogP contribution is -2.29. The molecule has 258 valence electrons. The normalized spacial score (nSPS) is 11.1. The molecule has 0 bridgehead atoms. The average molecular weight is 633 g/mol. The second-order valence-electron chi connectivity index (χ2n) is 12.3. The number of carboxylic acids is 1. The second-order valence-corrected chi connectivity index (χ2v) is 12.3. The molecule has 8 nitrogen and oxygen atoms in total. The van der Waals surface area contributed by atoms with Crippen LogP contribution in [0.3, 0.4) is 0 Å². The Balaban J connectivity index is 2.15. The first kappa shape index (κ1) is 40.4. The third-order valence-electron chi connectivity index (χ3n) is 8.11. The molecule has 0 unspecified atom stereocenters. The van der Waals surface area contributed by atoms with Crippen molar-refractivity contribution >= 4 is 18.0 Å². The first-order valence-electron chi connectivity index (χ1n) is 18.1. The number of esters is 1. The Hall–Kier alpha value is -2.61. The minimum atomic E-state index is -0.709. The van der Waals surface area contributed by atoms with Crippen molar-refractivity contribution in [3.8, 4) is 0 Å². The standard InChI is InChI=1S/C37H64N2O6/c1-2-3-4-5-6-13-23-32-44-36(42)27-18-10-8-12-21-30-39(29-20-11-7-9-17-26-35(40)41)31-22-19-28-38-37(43)45-33-34-24-15-14-16-25-34/h14-16,24-25H,2-13,17-23,26-33H2,1H3,(H,38,43)(H,40,41). The number of aliphatic carboxylic acids is 1. The summed E-state index contributed by atoms with van der Waals surface area (Å²) >= 11 is 0. The molecule has 8 heteroatoms. The Bertz CT molecular complexity index is 851. The van der Waals surface area contributed by atoms with Crippen molar-refractivity contribution in [3.05, 3.63) is 35.9 Å². The molecule has 0 radical (unpaired) electrons. The third-order valence-corrected chi connectivity index (χ3v) is 8.11. The minimum absolute atomic E-state index is 0.0472. The quantitative estimate of drug-likeness (QED) is 0.0621. The molecule has 0 aliphatic rings. The van der Waals surface area contributed by atoms with Crippen LogP contribution in [0.4, 0.5) is 4.79 Å². The zero-order valence-electron chi connectivity index (χ0n) is 28.4. The van der Waals surface area contributed by atoms with Gasteiger partial charge in [-0.15, -0.1) is 0 Å². The molecular weight excluding hydrogens is 568 g/mol. The number of nitrogens with one attached hydrogen (secondary N) is 1. The molecule has 0 heterocycles. The first-order valence-corrected chi connectivity index (χ1v) is 18.1. The van der Waals surface area contributed by atoms with Crippen LogP contribution in [0.1, 0.15) is 147 Å². The van der Waals surface area contributed by atoms with Gasteiger partial charge in [-0.2, -0.15) is 0 Å². The fraction of sp³-hybridized carbons (Fsp3) is 0.757. The number of carbonyl (C=O) groups excluding carboxylic acids is 2. The van der Waals surface area contributed by atoms with Crippen molar-refractivity contribution in [1.82, 2.24) is 10.2 Å². The summed E-state index contributed by atoms with van der Waals surface area (Å²) in [5, 5.41) is 11.7. The molecule has 1 aromatic carbocycles. The molecular formula is C37H64N2O6. The van der Waals surface area contributed by atoms with Crippen molar-refractivity contribution in [2.24, 2.45) is 0 Å². The van der Waals surface area contributed by atoms with Crippen LogP contribution in [0, 0.1) is 0 Å². The number of hydrogen-bond acceptors (Lipinski definition) is 6. The zero-order chi connectivity index (χ0) is 32.6. The van der Waals surface area contributed by atoms with E-state index in [1.54, 1.807) is 0 Å². The second kappa shape index (κ2) is 30.1. The van der Waals surface area contributed by atoms with Gasteiger partial charge in [0.25, 0.3) is 0 Å². The number of hydrogen-bond donors (Lipinski definition) is 2. The molecule has 45 heavy (non-hydrogen) atoms. The van der Waals surface area contributed by atoms with Crippen LogP contribution >= 0.6 is 0 Å². The van der Waals surface area contributed by atoms with Gasteiger partial charge in [0, 0.05) is 19.4 Å². The Morgan fingerprint density at radius 3 is 1.80 bits per heavy atom. The summed E-state index contributed by atoms with van der Waals surface area (Å²) in [4.78, 5) is 37.2. The molecule has 1 aromatic rings. The van der Waals surface area contributed by atoms with Gasteiger partial charge in [-0.05, 0) is 70.1 Å². The number of rotatable bonds is 31. The molecule has 2 N–H and O–H groups in total. The van der Waals surface area contributed by atoms with Crippen molar-refractivity contribution in [2.75, 3.05) is 32.8 Å². The highest BCUT2D eigenvalue weighted by Crippen LogP contribution is 2.11. The van der Waals surface area contributed by atoms with Gasteiger partial charge in [-0.3, -0.25) is 9.59 Å². The van der Waals surface area contributed by atoms with Gasteiger partial charge in [-0.1, -0.05) is 114 Å². The van der Waals surface area contributed by atoms with Gasteiger partial charge < -0.3 is 24.8 Å². The summed E-state index contributed by atoms with van der Waals surface area (Å²) in [7, 11) is 0. The monoisotopic (exact) mass is 632 g/mol. The van der Waals surface area contributed by atoms with Crippen molar-refractivity contribution in [2.45, 2.75) is 148 Å². The lowest BCUT2D eigenvalue weighted by atomic mass is 10.1. The highest BCUT2D eigenvalue weighted by Gasteiger charge is 2.07. The molecule has 0 atom stereocenters. The van der Waals surface area contributed by atoms with Crippen LogP contribution < -0.4 is 5.32 Å². The summed E-state index contributed by atoms with van der Waals surface area (Å²) in [5.74, 6) is -0.757. The lowest BCUT2D eigenvalue weighted by molar-refractivity contribution is -0.144. The Labute approximate surface area is 274 Å². The van der Waals surface area contributed by atoms with Crippen molar-refractivity contribution < 1.29 is 29.0 Å². The molecule has 0 aliphatic heterocycles. The largest absolute Gasteiger partial charge is 0.481 e. The maximum Gasteiger partial charge on any atom is 0.407 e. The molecule has 1 amide bonds. The maximum absolute atomic E-state index is 12.0. The fourth-order valence-electron chi connectivity index (χ4n) is 5.35. The number of alkyl carbamates (subject to hydrolysis) is 1. The zero-order valence-corrected chi connectivity index (χ0v) is 28.4. The topological polar surface area (TPSA) is 105 Å². The van der Waals surface area contributed by atoms with Gasteiger partial charge in [0.05, 0.1) is 6.61 Å². The number of carbonyl (C=O) groups is 3. The highest BCUT2D eigenvalue weighted by atomic mass is 16.5. The number of nitrogens with zero attached hydrogens (tertiary/aromatic N) is 1. The van der Waals surface area contributed by atoms with Crippen LogP contribution in [-0.2, 0) is 25.7 Å². The van der Waals surface area contributed by atoms with E-state index in [2.05, 4.69) is 17.1 Å². The summed E-state index contributed by atoms with van der Waals surface area (Å²) in [6.07, 6.45) is 21.4. The maximum atomic E-state index is 12.0. The molecule has 0 fully saturated rings. The highest BCUT2D eigenvalue weighted by molar-refractivity contribution is 5.69. The van der Waals surface area contributed by atoms with Gasteiger partial charge >= 0.3 is 18.0 Å². The molecule has 0 spiro atoms. The van der Waals surface area contributed by atoms with Crippen molar-refractivity contribution in [3.63, 3.8) is 0 Å². The predicted octanol–water partition coefficient (Wildman–Crippen LogP) is 9.05.